The summed E-state index contributed by atoms with van der Waals surface area (Å²) in [6.07, 6.45) is 1.81. The van der Waals surface area contributed by atoms with Crippen LogP contribution in [0.4, 0.5) is 0 Å². The first-order valence-corrected chi connectivity index (χ1v) is 7.22. The molecule has 0 bridgehead atoms. The van der Waals surface area contributed by atoms with Crippen LogP contribution in [0.1, 0.15) is 10.4 Å². The lowest BCUT2D eigenvalue weighted by atomic mass is 10.2. The van der Waals surface area contributed by atoms with Crippen LogP contribution in [-0.2, 0) is 0 Å². The van der Waals surface area contributed by atoms with Gasteiger partial charge in [-0.05, 0) is 19.4 Å². The lowest BCUT2D eigenvalue weighted by Gasteiger charge is -2.00. The zero-order valence-electron chi connectivity index (χ0n) is 11.2. The van der Waals surface area contributed by atoms with E-state index in [9.17, 15) is 0 Å². The highest BCUT2D eigenvalue weighted by molar-refractivity contribution is 7.18. The Hall–Kier alpha value is -2.27. The van der Waals surface area contributed by atoms with Crippen LogP contribution in [0.15, 0.2) is 36.7 Å². The third kappa shape index (κ3) is 1.50. The van der Waals surface area contributed by atoms with Crippen molar-refractivity contribution in [2.45, 2.75) is 13.8 Å². The van der Waals surface area contributed by atoms with Gasteiger partial charge in [0.05, 0.1) is 5.39 Å². The van der Waals surface area contributed by atoms with Crippen molar-refractivity contribution in [2.24, 2.45) is 0 Å². The van der Waals surface area contributed by atoms with Crippen LogP contribution in [-0.4, -0.2) is 19.6 Å². The van der Waals surface area contributed by atoms with Gasteiger partial charge in [-0.15, -0.1) is 21.5 Å². The van der Waals surface area contributed by atoms with Crippen LogP contribution in [0.2, 0.25) is 0 Å². The summed E-state index contributed by atoms with van der Waals surface area (Å²) in [5.41, 5.74) is 3.18. The first-order chi connectivity index (χ1) is 9.75. The molecule has 0 saturated heterocycles. The molecule has 0 atom stereocenters. The Balaban J connectivity index is 2.10. The van der Waals surface area contributed by atoms with Gasteiger partial charge >= 0.3 is 0 Å². The zero-order chi connectivity index (χ0) is 13.7. The van der Waals surface area contributed by atoms with Gasteiger partial charge in [-0.2, -0.15) is 0 Å². The van der Waals surface area contributed by atoms with Crippen LogP contribution < -0.4 is 0 Å². The Morgan fingerprint density at radius 1 is 1.05 bits per heavy atom. The van der Waals surface area contributed by atoms with Crippen LogP contribution in [0.3, 0.4) is 0 Å². The largest absolute Gasteiger partial charge is 0.265 e. The SMILES string of the molecule is Cc1sc2ncn3c(-c4ccccc4)nnc3c2c1C. The number of thiophene rings is 1. The molecule has 4 rings (SSSR count). The smallest absolute Gasteiger partial charge is 0.172 e. The second-order valence-electron chi connectivity index (χ2n) is 4.79. The standard InChI is InChI=1S/C15H12N4S/c1-9-10(2)20-15-12(9)14-18-17-13(19(14)8-16-15)11-6-4-3-5-7-11/h3-8H,1-2H3. The predicted molar refractivity (Wildman–Crippen MR) is 81.1 cm³/mol. The molecule has 4 aromatic rings. The van der Waals surface area contributed by atoms with Crippen molar-refractivity contribution in [1.29, 1.82) is 0 Å². The molecule has 0 aliphatic heterocycles. The Morgan fingerprint density at radius 2 is 1.85 bits per heavy atom. The zero-order valence-corrected chi connectivity index (χ0v) is 12.0. The highest BCUT2D eigenvalue weighted by atomic mass is 32.1. The van der Waals surface area contributed by atoms with Gasteiger partial charge in [0, 0.05) is 10.4 Å². The minimum Gasteiger partial charge on any atom is -0.265 e. The first kappa shape index (κ1) is 11.5. The van der Waals surface area contributed by atoms with E-state index in [1.54, 1.807) is 11.3 Å². The molecular weight excluding hydrogens is 268 g/mol. The van der Waals surface area contributed by atoms with E-state index in [2.05, 4.69) is 29.0 Å². The fourth-order valence-electron chi connectivity index (χ4n) is 2.43. The molecule has 5 heteroatoms. The molecule has 20 heavy (non-hydrogen) atoms. The summed E-state index contributed by atoms with van der Waals surface area (Å²) in [5, 5.41) is 9.84. The Kier molecular flexibility index (Phi) is 2.37. The van der Waals surface area contributed by atoms with Crippen molar-refractivity contribution in [3.8, 4) is 11.4 Å². The molecule has 1 aromatic carbocycles. The number of hydrogen-bond donors (Lipinski definition) is 0. The maximum Gasteiger partial charge on any atom is 0.172 e. The topological polar surface area (TPSA) is 43.1 Å². The number of rotatable bonds is 1. The number of benzene rings is 1. The molecule has 0 spiro atoms. The number of aromatic nitrogens is 4. The molecule has 98 valence electrons. The molecule has 0 saturated carbocycles. The highest BCUT2D eigenvalue weighted by Crippen LogP contribution is 2.32. The maximum atomic E-state index is 4.55. The van der Waals surface area contributed by atoms with Crippen molar-refractivity contribution in [1.82, 2.24) is 19.6 Å². The van der Waals surface area contributed by atoms with E-state index in [4.69, 9.17) is 0 Å². The van der Waals surface area contributed by atoms with E-state index < -0.39 is 0 Å². The van der Waals surface area contributed by atoms with Gasteiger partial charge in [-0.25, -0.2) is 4.98 Å². The van der Waals surface area contributed by atoms with Crippen LogP contribution in [0.5, 0.6) is 0 Å². The summed E-state index contributed by atoms with van der Waals surface area (Å²) in [7, 11) is 0. The van der Waals surface area contributed by atoms with E-state index in [1.807, 2.05) is 41.1 Å². The third-order valence-corrected chi connectivity index (χ3v) is 4.72. The number of aryl methyl sites for hydroxylation is 2. The molecule has 0 aliphatic rings. The summed E-state index contributed by atoms with van der Waals surface area (Å²) in [4.78, 5) is 6.86. The normalized spacial score (nSPS) is 11.5. The average Bonchev–Trinajstić information content (AvgIpc) is 3.02. The van der Waals surface area contributed by atoms with Gasteiger partial charge in [0.25, 0.3) is 0 Å². The number of hydrogen-bond acceptors (Lipinski definition) is 4. The molecule has 4 nitrogen and oxygen atoms in total. The highest BCUT2D eigenvalue weighted by Gasteiger charge is 2.15. The van der Waals surface area contributed by atoms with Gasteiger partial charge in [0.15, 0.2) is 11.5 Å². The van der Waals surface area contributed by atoms with Gasteiger partial charge in [0.1, 0.15) is 11.2 Å². The van der Waals surface area contributed by atoms with E-state index in [0.29, 0.717) is 0 Å². The van der Waals surface area contributed by atoms with Gasteiger partial charge in [-0.1, -0.05) is 30.3 Å². The first-order valence-electron chi connectivity index (χ1n) is 6.40. The summed E-state index contributed by atoms with van der Waals surface area (Å²) in [6, 6.07) is 10.1. The Morgan fingerprint density at radius 3 is 2.65 bits per heavy atom. The monoisotopic (exact) mass is 280 g/mol. The summed E-state index contributed by atoms with van der Waals surface area (Å²) in [6.45, 7) is 4.24. The van der Waals surface area contributed by atoms with Crippen molar-refractivity contribution in [3.63, 3.8) is 0 Å². The van der Waals surface area contributed by atoms with E-state index >= 15 is 0 Å². The van der Waals surface area contributed by atoms with Crippen LogP contribution in [0, 0.1) is 13.8 Å². The number of nitrogens with zero attached hydrogens (tertiary/aromatic N) is 4. The van der Waals surface area contributed by atoms with Gasteiger partial charge < -0.3 is 0 Å². The third-order valence-electron chi connectivity index (χ3n) is 3.61. The second kappa shape index (κ2) is 4.11. The molecule has 0 fully saturated rings. The second-order valence-corrected chi connectivity index (χ2v) is 5.99. The molecule has 0 N–H and O–H groups in total. The minimum atomic E-state index is 0.832. The van der Waals surface area contributed by atoms with Crippen molar-refractivity contribution in [2.75, 3.05) is 0 Å². The van der Waals surface area contributed by atoms with Crippen LogP contribution >= 0.6 is 11.3 Å². The maximum absolute atomic E-state index is 4.55. The molecule has 0 unspecified atom stereocenters. The molecule has 0 aliphatic carbocycles. The quantitative estimate of drug-likeness (QED) is 0.535. The van der Waals surface area contributed by atoms with Gasteiger partial charge in [0.2, 0.25) is 0 Å². The van der Waals surface area contributed by atoms with Crippen molar-refractivity contribution < 1.29 is 0 Å². The van der Waals surface area contributed by atoms with E-state index in [1.165, 1.54) is 10.4 Å². The van der Waals surface area contributed by atoms with Crippen molar-refractivity contribution in [3.05, 3.63) is 47.1 Å². The summed E-state index contributed by atoms with van der Waals surface area (Å²) >= 11 is 1.71. The fraction of sp³-hybridized carbons (Fsp3) is 0.133. The lowest BCUT2D eigenvalue weighted by molar-refractivity contribution is 1.09. The van der Waals surface area contributed by atoms with Crippen molar-refractivity contribution >= 4 is 27.2 Å². The number of fused-ring (bicyclic) bond motifs is 3. The molecule has 0 amide bonds. The molecule has 0 radical (unpaired) electrons. The molecule has 3 aromatic heterocycles. The van der Waals surface area contributed by atoms with E-state index in [0.717, 1.165) is 27.3 Å². The average molecular weight is 280 g/mol. The predicted octanol–water partition coefficient (Wildman–Crippen LogP) is 3.62. The fourth-order valence-corrected chi connectivity index (χ4v) is 3.42. The van der Waals surface area contributed by atoms with Crippen LogP contribution in [0.25, 0.3) is 27.3 Å². The molecule has 3 heterocycles. The molecular formula is C15H12N4S. The van der Waals surface area contributed by atoms with Gasteiger partial charge in [-0.3, -0.25) is 4.40 Å². The Labute approximate surface area is 119 Å². The summed E-state index contributed by atoms with van der Waals surface area (Å²) < 4.78 is 1.97. The Bertz CT molecular complexity index is 921. The minimum absolute atomic E-state index is 0.832. The lowest BCUT2D eigenvalue weighted by Crippen LogP contribution is -1.91. The summed E-state index contributed by atoms with van der Waals surface area (Å²) in [5.74, 6) is 0.832. The van der Waals surface area contributed by atoms with E-state index in [-0.39, 0.29) is 0 Å².